The molecule has 0 spiro atoms. The number of esters is 1. The van der Waals surface area contributed by atoms with Crippen LogP contribution < -0.4 is 15.2 Å². The van der Waals surface area contributed by atoms with Gasteiger partial charge in [0, 0.05) is 5.56 Å². The highest BCUT2D eigenvalue weighted by atomic mass is 16.6. The average molecular weight is 287 g/mol. The zero-order valence-corrected chi connectivity index (χ0v) is 11.7. The van der Waals surface area contributed by atoms with E-state index in [1.165, 1.54) is 0 Å². The minimum atomic E-state index is -0.468. The van der Waals surface area contributed by atoms with E-state index in [2.05, 4.69) is 0 Å². The summed E-state index contributed by atoms with van der Waals surface area (Å²) in [5.74, 6) is 0.675. The normalized spacial score (nSPS) is 9.95. The van der Waals surface area contributed by atoms with Gasteiger partial charge in [-0.3, -0.25) is 0 Å². The number of anilines is 1. The van der Waals surface area contributed by atoms with Crippen molar-refractivity contribution in [1.29, 1.82) is 0 Å². The Labute approximate surface area is 123 Å². The van der Waals surface area contributed by atoms with Crippen LogP contribution in [0, 0.1) is 0 Å². The standard InChI is InChI=1S/C16H17NO4/c1-19-14-8-4-2-6-12(14)10-21-16(18)11-20-15-9-5-3-7-13(15)17/h2-9H,10-11,17H2,1H3. The summed E-state index contributed by atoms with van der Waals surface area (Å²) in [4.78, 5) is 11.7. The van der Waals surface area contributed by atoms with Gasteiger partial charge in [-0.2, -0.15) is 0 Å². The summed E-state index contributed by atoms with van der Waals surface area (Å²) < 4.78 is 15.6. The minimum absolute atomic E-state index is 0.135. The lowest BCUT2D eigenvalue weighted by molar-refractivity contribution is -0.147. The Morgan fingerprint density at radius 2 is 1.71 bits per heavy atom. The molecule has 0 aliphatic rings. The minimum Gasteiger partial charge on any atom is -0.496 e. The molecule has 110 valence electrons. The lowest BCUT2D eigenvalue weighted by atomic mass is 10.2. The molecular weight excluding hydrogens is 270 g/mol. The Balaban J connectivity index is 1.84. The molecule has 0 saturated heterocycles. The zero-order valence-electron chi connectivity index (χ0n) is 11.7. The first kappa shape index (κ1) is 14.7. The fourth-order valence-corrected chi connectivity index (χ4v) is 1.77. The van der Waals surface area contributed by atoms with E-state index in [1.807, 2.05) is 24.3 Å². The molecular formula is C16H17NO4. The summed E-state index contributed by atoms with van der Waals surface area (Å²) in [7, 11) is 1.57. The SMILES string of the molecule is COc1ccccc1COC(=O)COc1ccccc1N. The number of carbonyl (C=O) groups is 1. The number of hydrogen-bond acceptors (Lipinski definition) is 5. The quantitative estimate of drug-likeness (QED) is 0.652. The number of ether oxygens (including phenoxy) is 3. The first-order valence-electron chi connectivity index (χ1n) is 6.45. The summed E-state index contributed by atoms with van der Waals surface area (Å²) in [6.45, 7) is -0.0557. The Bertz CT molecular complexity index is 613. The number of hydrogen-bond donors (Lipinski definition) is 1. The smallest absolute Gasteiger partial charge is 0.344 e. The number of methoxy groups -OCH3 is 1. The average Bonchev–Trinajstić information content (AvgIpc) is 2.52. The molecule has 2 rings (SSSR count). The first-order chi connectivity index (χ1) is 10.2. The largest absolute Gasteiger partial charge is 0.496 e. The molecule has 5 heteroatoms. The lowest BCUT2D eigenvalue weighted by Gasteiger charge is -2.10. The van der Waals surface area contributed by atoms with Gasteiger partial charge >= 0.3 is 5.97 Å². The molecule has 2 aromatic rings. The van der Waals surface area contributed by atoms with Crippen molar-refractivity contribution < 1.29 is 19.0 Å². The van der Waals surface area contributed by atoms with E-state index in [4.69, 9.17) is 19.9 Å². The van der Waals surface area contributed by atoms with Crippen LogP contribution in [0.2, 0.25) is 0 Å². The second-order valence-electron chi connectivity index (χ2n) is 4.30. The highest BCUT2D eigenvalue weighted by Crippen LogP contribution is 2.20. The predicted molar refractivity (Wildman–Crippen MR) is 79.1 cm³/mol. The summed E-state index contributed by atoms with van der Waals surface area (Å²) in [5, 5.41) is 0. The molecule has 0 fully saturated rings. The number of para-hydroxylation sites is 3. The van der Waals surface area contributed by atoms with Crippen LogP contribution in [0.4, 0.5) is 5.69 Å². The number of nitrogen functional groups attached to an aromatic ring is 1. The highest BCUT2D eigenvalue weighted by Gasteiger charge is 2.08. The number of rotatable bonds is 6. The van der Waals surface area contributed by atoms with Crippen molar-refractivity contribution in [3.63, 3.8) is 0 Å². The summed E-state index contributed by atoms with van der Waals surface area (Å²) >= 11 is 0. The molecule has 0 unspecified atom stereocenters. The van der Waals surface area contributed by atoms with Crippen molar-refractivity contribution in [2.45, 2.75) is 6.61 Å². The van der Waals surface area contributed by atoms with Gasteiger partial charge in [0.1, 0.15) is 18.1 Å². The molecule has 0 bridgehead atoms. The van der Waals surface area contributed by atoms with Crippen molar-refractivity contribution in [3.05, 3.63) is 54.1 Å². The van der Waals surface area contributed by atoms with E-state index >= 15 is 0 Å². The number of carbonyl (C=O) groups excluding carboxylic acids is 1. The fraction of sp³-hybridized carbons (Fsp3) is 0.188. The van der Waals surface area contributed by atoms with Gasteiger partial charge in [-0.15, -0.1) is 0 Å². The molecule has 0 aliphatic heterocycles. The third-order valence-electron chi connectivity index (χ3n) is 2.85. The topological polar surface area (TPSA) is 70.8 Å². The van der Waals surface area contributed by atoms with Gasteiger partial charge in [0.25, 0.3) is 0 Å². The van der Waals surface area contributed by atoms with Gasteiger partial charge < -0.3 is 19.9 Å². The Hall–Kier alpha value is -2.69. The van der Waals surface area contributed by atoms with Crippen molar-refractivity contribution in [3.8, 4) is 11.5 Å². The molecule has 0 saturated carbocycles. The first-order valence-corrected chi connectivity index (χ1v) is 6.45. The number of nitrogens with two attached hydrogens (primary N) is 1. The highest BCUT2D eigenvalue weighted by molar-refractivity contribution is 5.71. The maximum atomic E-state index is 11.7. The molecule has 0 radical (unpaired) electrons. The Kier molecular flexibility index (Phi) is 5.04. The molecule has 0 atom stereocenters. The molecule has 0 aromatic heterocycles. The molecule has 0 aliphatic carbocycles. The fourth-order valence-electron chi connectivity index (χ4n) is 1.77. The van der Waals surface area contributed by atoms with E-state index in [0.717, 1.165) is 5.56 Å². The van der Waals surface area contributed by atoms with Crippen LogP contribution in [-0.2, 0) is 16.1 Å². The van der Waals surface area contributed by atoms with Crippen LogP contribution >= 0.6 is 0 Å². The second-order valence-corrected chi connectivity index (χ2v) is 4.30. The third-order valence-corrected chi connectivity index (χ3v) is 2.85. The molecule has 0 amide bonds. The monoisotopic (exact) mass is 287 g/mol. The predicted octanol–water partition coefficient (Wildman–Crippen LogP) is 2.40. The van der Waals surface area contributed by atoms with Crippen molar-refractivity contribution in [2.75, 3.05) is 19.5 Å². The van der Waals surface area contributed by atoms with Gasteiger partial charge in [-0.1, -0.05) is 30.3 Å². The maximum absolute atomic E-state index is 11.7. The third kappa shape index (κ3) is 4.14. The molecule has 5 nitrogen and oxygen atoms in total. The zero-order chi connectivity index (χ0) is 15.1. The van der Waals surface area contributed by atoms with E-state index in [-0.39, 0.29) is 13.2 Å². The van der Waals surface area contributed by atoms with E-state index < -0.39 is 5.97 Å². The van der Waals surface area contributed by atoms with Gasteiger partial charge in [-0.05, 0) is 18.2 Å². The van der Waals surface area contributed by atoms with Crippen LogP contribution in [0.15, 0.2) is 48.5 Å². The van der Waals surface area contributed by atoms with Crippen molar-refractivity contribution in [2.24, 2.45) is 0 Å². The summed E-state index contributed by atoms with van der Waals surface area (Å²) in [5.41, 5.74) is 7.00. The van der Waals surface area contributed by atoms with Gasteiger partial charge in [0.2, 0.25) is 0 Å². The van der Waals surface area contributed by atoms with Crippen molar-refractivity contribution >= 4 is 11.7 Å². The van der Waals surface area contributed by atoms with Crippen LogP contribution in [0.5, 0.6) is 11.5 Å². The van der Waals surface area contributed by atoms with Crippen molar-refractivity contribution in [1.82, 2.24) is 0 Å². The van der Waals surface area contributed by atoms with Crippen LogP contribution in [0.3, 0.4) is 0 Å². The van der Waals surface area contributed by atoms with Crippen LogP contribution in [0.1, 0.15) is 5.56 Å². The van der Waals surface area contributed by atoms with Crippen LogP contribution in [0.25, 0.3) is 0 Å². The summed E-state index contributed by atoms with van der Waals surface area (Å²) in [6, 6.07) is 14.3. The molecule has 0 heterocycles. The van der Waals surface area contributed by atoms with Crippen LogP contribution in [-0.4, -0.2) is 19.7 Å². The summed E-state index contributed by atoms with van der Waals surface area (Å²) in [6.07, 6.45) is 0. The maximum Gasteiger partial charge on any atom is 0.344 e. The molecule has 2 N–H and O–H groups in total. The van der Waals surface area contributed by atoms with E-state index in [9.17, 15) is 4.79 Å². The van der Waals surface area contributed by atoms with Gasteiger partial charge in [-0.25, -0.2) is 4.79 Å². The second kappa shape index (κ2) is 7.19. The van der Waals surface area contributed by atoms with Gasteiger partial charge in [0.15, 0.2) is 6.61 Å². The lowest BCUT2D eigenvalue weighted by Crippen LogP contribution is -2.15. The number of benzene rings is 2. The van der Waals surface area contributed by atoms with E-state index in [1.54, 1.807) is 31.4 Å². The molecule has 21 heavy (non-hydrogen) atoms. The van der Waals surface area contributed by atoms with E-state index in [0.29, 0.717) is 17.2 Å². The Morgan fingerprint density at radius 1 is 1.05 bits per heavy atom. The van der Waals surface area contributed by atoms with Gasteiger partial charge in [0.05, 0.1) is 12.8 Å². The Morgan fingerprint density at radius 3 is 2.43 bits per heavy atom. The molecule has 2 aromatic carbocycles.